The van der Waals surface area contributed by atoms with Crippen LogP contribution in [-0.4, -0.2) is 29.1 Å². The number of hydrogen-bond acceptors (Lipinski definition) is 3. The van der Waals surface area contributed by atoms with Gasteiger partial charge in [-0.15, -0.1) is 0 Å². The SMILES string of the molecule is O=C(O)c1cc2ccccc2c(N2CCCCCC2)n1. The first-order chi connectivity index (χ1) is 9.75. The highest BCUT2D eigenvalue weighted by Crippen LogP contribution is 2.27. The quantitative estimate of drug-likeness (QED) is 0.909. The Morgan fingerprint density at radius 3 is 2.50 bits per heavy atom. The summed E-state index contributed by atoms with van der Waals surface area (Å²) in [5.74, 6) is -0.144. The molecule has 0 amide bonds. The lowest BCUT2D eigenvalue weighted by Gasteiger charge is -2.23. The van der Waals surface area contributed by atoms with Gasteiger partial charge in [0.15, 0.2) is 5.69 Å². The predicted molar refractivity (Wildman–Crippen MR) is 79.4 cm³/mol. The molecule has 0 atom stereocenters. The molecule has 1 aliphatic rings. The van der Waals surface area contributed by atoms with Crippen molar-refractivity contribution in [1.82, 2.24) is 4.98 Å². The molecular weight excluding hydrogens is 252 g/mol. The van der Waals surface area contributed by atoms with Crippen LogP contribution in [0.25, 0.3) is 10.8 Å². The van der Waals surface area contributed by atoms with Crippen LogP contribution in [0.1, 0.15) is 36.2 Å². The van der Waals surface area contributed by atoms with E-state index in [2.05, 4.69) is 9.88 Å². The number of anilines is 1. The highest BCUT2D eigenvalue weighted by molar-refractivity contribution is 5.98. The molecule has 2 heterocycles. The van der Waals surface area contributed by atoms with Crippen LogP contribution >= 0.6 is 0 Å². The number of fused-ring (bicyclic) bond motifs is 1. The molecule has 4 nitrogen and oxygen atoms in total. The minimum atomic E-state index is -0.966. The van der Waals surface area contributed by atoms with Crippen LogP contribution in [0.2, 0.25) is 0 Å². The summed E-state index contributed by atoms with van der Waals surface area (Å²) in [4.78, 5) is 17.9. The van der Waals surface area contributed by atoms with Gasteiger partial charge in [0, 0.05) is 18.5 Å². The minimum absolute atomic E-state index is 0.128. The van der Waals surface area contributed by atoms with Crippen molar-refractivity contribution in [3.63, 3.8) is 0 Å². The topological polar surface area (TPSA) is 53.4 Å². The van der Waals surface area contributed by atoms with Gasteiger partial charge in [0.1, 0.15) is 5.82 Å². The van der Waals surface area contributed by atoms with Crippen LogP contribution in [0.3, 0.4) is 0 Å². The summed E-state index contributed by atoms with van der Waals surface area (Å²) >= 11 is 0. The summed E-state index contributed by atoms with van der Waals surface area (Å²) in [5, 5.41) is 11.2. The largest absolute Gasteiger partial charge is 0.477 e. The number of rotatable bonds is 2. The molecule has 1 N–H and O–H groups in total. The third kappa shape index (κ3) is 2.46. The number of carbonyl (C=O) groups is 1. The molecule has 0 bridgehead atoms. The van der Waals surface area contributed by atoms with E-state index in [-0.39, 0.29) is 5.69 Å². The number of aromatic nitrogens is 1. The molecule has 1 saturated heterocycles. The normalized spacial score (nSPS) is 16.1. The zero-order valence-electron chi connectivity index (χ0n) is 11.4. The standard InChI is InChI=1S/C16H18N2O2/c19-16(20)14-11-12-7-3-4-8-13(12)15(17-14)18-9-5-1-2-6-10-18/h3-4,7-8,11H,1-2,5-6,9-10H2,(H,19,20). The van der Waals surface area contributed by atoms with E-state index in [9.17, 15) is 9.90 Å². The van der Waals surface area contributed by atoms with Crippen molar-refractivity contribution in [3.8, 4) is 0 Å². The molecule has 0 radical (unpaired) electrons. The Morgan fingerprint density at radius 2 is 1.80 bits per heavy atom. The van der Waals surface area contributed by atoms with E-state index in [0.717, 1.165) is 42.5 Å². The Bertz CT molecular complexity index is 631. The summed E-state index contributed by atoms with van der Waals surface area (Å²) in [7, 11) is 0. The molecular formula is C16H18N2O2. The molecule has 0 saturated carbocycles. The molecule has 1 aromatic carbocycles. The van der Waals surface area contributed by atoms with Gasteiger partial charge in [-0.1, -0.05) is 37.1 Å². The monoisotopic (exact) mass is 270 g/mol. The zero-order chi connectivity index (χ0) is 13.9. The van der Waals surface area contributed by atoms with E-state index in [1.54, 1.807) is 6.07 Å². The average molecular weight is 270 g/mol. The summed E-state index contributed by atoms with van der Waals surface area (Å²) < 4.78 is 0. The second kappa shape index (κ2) is 5.49. The molecule has 0 spiro atoms. The zero-order valence-corrected chi connectivity index (χ0v) is 11.4. The highest BCUT2D eigenvalue weighted by atomic mass is 16.4. The van der Waals surface area contributed by atoms with Crippen molar-refractivity contribution in [2.24, 2.45) is 0 Å². The van der Waals surface area contributed by atoms with Gasteiger partial charge in [-0.05, 0) is 24.3 Å². The van der Waals surface area contributed by atoms with Crippen LogP contribution in [0.15, 0.2) is 30.3 Å². The summed E-state index contributed by atoms with van der Waals surface area (Å²) in [6.45, 7) is 1.92. The number of pyridine rings is 1. The number of nitrogens with zero attached hydrogens (tertiary/aromatic N) is 2. The van der Waals surface area contributed by atoms with Gasteiger partial charge in [-0.3, -0.25) is 0 Å². The van der Waals surface area contributed by atoms with Crippen LogP contribution in [0.5, 0.6) is 0 Å². The first-order valence-electron chi connectivity index (χ1n) is 7.14. The lowest BCUT2D eigenvalue weighted by atomic mass is 10.1. The molecule has 0 unspecified atom stereocenters. The molecule has 1 fully saturated rings. The maximum absolute atomic E-state index is 11.3. The van der Waals surface area contributed by atoms with E-state index in [1.807, 2.05) is 24.3 Å². The molecule has 3 rings (SSSR count). The van der Waals surface area contributed by atoms with Crippen molar-refractivity contribution >= 4 is 22.6 Å². The van der Waals surface area contributed by atoms with E-state index in [1.165, 1.54) is 12.8 Å². The first kappa shape index (κ1) is 12.9. The Labute approximate surface area is 118 Å². The number of hydrogen-bond donors (Lipinski definition) is 1. The van der Waals surface area contributed by atoms with E-state index >= 15 is 0 Å². The average Bonchev–Trinajstić information content (AvgIpc) is 2.75. The van der Waals surface area contributed by atoms with Crippen molar-refractivity contribution in [1.29, 1.82) is 0 Å². The number of benzene rings is 1. The fourth-order valence-electron chi connectivity index (χ4n) is 2.81. The second-order valence-corrected chi connectivity index (χ2v) is 5.26. The predicted octanol–water partition coefficient (Wildman–Crippen LogP) is 3.31. The van der Waals surface area contributed by atoms with Crippen LogP contribution in [-0.2, 0) is 0 Å². The fourth-order valence-corrected chi connectivity index (χ4v) is 2.81. The Balaban J connectivity index is 2.13. The lowest BCUT2D eigenvalue weighted by molar-refractivity contribution is 0.0691. The van der Waals surface area contributed by atoms with Gasteiger partial charge in [-0.2, -0.15) is 0 Å². The summed E-state index contributed by atoms with van der Waals surface area (Å²) in [6.07, 6.45) is 4.78. The van der Waals surface area contributed by atoms with Gasteiger partial charge in [0.05, 0.1) is 0 Å². The second-order valence-electron chi connectivity index (χ2n) is 5.26. The summed E-state index contributed by atoms with van der Waals surface area (Å²) in [6, 6.07) is 9.53. The van der Waals surface area contributed by atoms with Crippen molar-refractivity contribution in [2.75, 3.05) is 18.0 Å². The maximum Gasteiger partial charge on any atom is 0.354 e. The highest BCUT2D eigenvalue weighted by Gasteiger charge is 2.17. The van der Waals surface area contributed by atoms with E-state index in [4.69, 9.17) is 0 Å². The van der Waals surface area contributed by atoms with Gasteiger partial charge in [0.25, 0.3) is 0 Å². The molecule has 4 heteroatoms. The number of carboxylic acids is 1. The lowest BCUT2D eigenvalue weighted by Crippen LogP contribution is -2.25. The minimum Gasteiger partial charge on any atom is -0.477 e. The smallest absolute Gasteiger partial charge is 0.354 e. The number of aromatic carboxylic acids is 1. The fraction of sp³-hybridized carbons (Fsp3) is 0.375. The maximum atomic E-state index is 11.3. The van der Waals surface area contributed by atoms with Crippen molar-refractivity contribution in [3.05, 3.63) is 36.0 Å². The van der Waals surface area contributed by atoms with Crippen LogP contribution in [0, 0.1) is 0 Å². The molecule has 1 aliphatic heterocycles. The third-order valence-corrected chi connectivity index (χ3v) is 3.84. The van der Waals surface area contributed by atoms with Crippen LogP contribution in [0.4, 0.5) is 5.82 Å². The van der Waals surface area contributed by atoms with Gasteiger partial charge in [0.2, 0.25) is 0 Å². The first-order valence-corrected chi connectivity index (χ1v) is 7.14. The van der Waals surface area contributed by atoms with Gasteiger partial charge >= 0.3 is 5.97 Å². The number of carboxylic acid groups (broad SMARTS) is 1. The molecule has 104 valence electrons. The Morgan fingerprint density at radius 1 is 1.10 bits per heavy atom. The molecule has 20 heavy (non-hydrogen) atoms. The Kier molecular flexibility index (Phi) is 3.54. The molecule has 1 aromatic heterocycles. The van der Waals surface area contributed by atoms with E-state index in [0.29, 0.717) is 0 Å². The van der Waals surface area contributed by atoms with Crippen molar-refractivity contribution in [2.45, 2.75) is 25.7 Å². The molecule has 2 aromatic rings. The Hall–Kier alpha value is -2.10. The van der Waals surface area contributed by atoms with Gasteiger partial charge < -0.3 is 10.0 Å². The third-order valence-electron chi connectivity index (χ3n) is 3.84. The molecule has 0 aliphatic carbocycles. The van der Waals surface area contributed by atoms with Crippen molar-refractivity contribution < 1.29 is 9.90 Å². The summed E-state index contributed by atoms with van der Waals surface area (Å²) in [5.41, 5.74) is 0.128. The van der Waals surface area contributed by atoms with Crippen LogP contribution < -0.4 is 4.90 Å². The van der Waals surface area contributed by atoms with E-state index < -0.39 is 5.97 Å². The van der Waals surface area contributed by atoms with Gasteiger partial charge in [-0.25, -0.2) is 9.78 Å².